The lowest BCUT2D eigenvalue weighted by Gasteiger charge is -2.11. The van der Waals surface area contributed by atoms with Gasteiger partial charge in [-0.2, -0.15) is 0 Å². The molecule has 0 aliphatic carbocycles. The van der Waals surface area contributed by atoms with Crippen molar-refractivity contribution in [2.24, 2.45) is 5.92 Å². The molecule has 0 fully saturated rings. The van der Waals surface area contributed by atoms with E-state index in [1.54, 1.807) is 0 Å². The molecule has 0 aromatic carbocycles. The van der Waals surface area contributed by atoms with Crippen LogP contribution in [0.25, 0.3) is 0 Å². The van der Waals surface area contributed by atoms with E-state index in [0.29, 0.717) is 13.2 Å². The first-order valence-corrected chi connectivity index (χ1v) is 10.5. The smallest absolute Gasteiger partial charge is 0.101 e. The van der Waals surface area contributed by atoms with Crippen molar-refractivity contribution in [1.29, 1.82) is 0 Å². The van der Waals surface area contributed by atoms with Crippen molar-refractivity contribution >= 4 is 0 Å². The molecule has 0 aliphatic heterocycles. The van der Waals surface area contributed by atoms with Crippen molar-refractivity contribution in [2.75, 3.05) is 26.4 Å². The summed E-state index contributed by atoms with van der Waals surface area (Å²) in [6.45, 7) is 9.07. The molecule has 0 amide bonds. The van der Waals surface area contributed by atoms with Crippen LogP contribution in [-0.4, -0.2) is 37.6 Å². The van der Waals surface area contributed by atoms with E-state index in [1.165, 1.54) is 57.8 Å². The Hall–Kier alpha value is -0.120. The molecule has 1 atom stereocenters. The lowest BCUT2D eigenvalue weighted by Crippen LogP contribution is -2.22. The van der Waals surface area contributed by atoms with Crippen LogP contribution >= 0.6 is 0 Å². The highest BCUT2D eigenvalue weighted by atomic mass is 16.5. The van der Waals surface area contributed by atoms with E-state index in [4.69, 9.17) is 9.47 Å². The van der Waals surface area contributed by atoms with Crippen LogP contribution in [0.4, 0.5) is 0 Å². The first kappa shape index (κ1) is 23.9. The molecule has 3 nitrogen and oxygen atoms in total. The zero-order valence-electron chi connectivity index (χ0n) is 16.7. The SMILES string of the molecule is CCCCOCC(O)COCCCCCCCCCCCC(C)C. The summed E-state index contributed by atoms with van der Waals surface area (Å²) in [4.78, 5) is 0. The minimum Gasteiger partial charge on any atom is -0.388 e. The normalized spacial score (nSPS) is 12.9. The molecule has 0 rings (SSSR count). The van der Waals surface area contributed by atoms with E-state index >= 15 is 0 Å². The van der Waals surface area contributed by atoms with Crippen LogP contribution in [0.5, 0.6) is 0 Å². The van der Waals surface area contributed by atoms with Gasteiger partial charge in [0, 0.05) is 13.2 Å². The molecule has 0 saturated heterocycles. The Morgan fingerprint density at radius 2 is 1.12 bits per heavy atom. The van der Waals surface area contributed by atoms with E-state index in [-0.39, 0.29) is 0 Å². The van der Waals surface area contributed by atoms with Crippen LogP contribution in [-0.2, 0) is 9.47 Å². The van der Waals surface area contributed by atoms with Crippen LogP contribution in [0.2, 0.25) is 0 Å². The average molecular weight is 345 g/mol. The van der Waals surface area contributed by atoms with Crippen LogP contribution in [0.3, 0.4) is 0 Å². The summed E-state index contributed by atoms with van der Waals surface area (Å²) in [6.07, 6.45) is 15.2. The van der Waals surface area contributed by atoms with Gasteiger partial charge in [0.25, 0.3) is 0 Å². The van der Waals surface area contributed by atoms with Gasteiger partial charge < -0.3 is 14.6 Å². The monoisotopic (exact) mass is 344 g/mol. The Bertz CT molecular complexity index is 231. The number of hydrogen-bond donors (Lipinski definition) is 1. The van der Waals surface area contributed by atoms with Crippen molar-refractivity contribution in [3.05, 3.63) is 0 Å². The third kappa shape index (κ3) is 19.9. The van der Waals surface area contributed by atoms with Crippen LogP contribution in [0.15, 0.2) is 0 Å². The lowest BCUT2D eigenvalue weighted by molar-refractivity contribution is -0.0199. The molecule has 0 spiro atoms. The minimum absolute atomic E-state index is 0.400. The summed E-state index contributed by atoms with van der Waals surface area (Å²) in [5.74, 6) is 0.863. The first-order valence-electron chi connectivity index (χ1n) is 10.5. The third-order valence-electron chi connectivity index (χ3n) is 4.33. The van der Waals surface area contributed by atoms with Crippen molar-refractivity contribution in [1.82, 2.24) is 0 Å². The molecule has 1 N–H and O–H groups in total. The Kier molecular flexibility index (Phi) is 19.1. The topological polar surface area (TPSA) is 38.7 Å². The number of aliphatic hydroxyl groups is 1. The van der Waals surface area contributed by atoms with Gasteiger partial charge in [-0.1, -0.05) is 85.0 Å². The second kappa shape index (κ2) is 19.2. The molecule has 0 heterocycles. The summed E-state index contributed by atoms with van der Waals surface area (Å²) in [5.41, 5.74) is 0. The number of aliphatic hydroxyl groups excluding tert-OH is 1. The molecular formula is C21H44O3. The molecule has 0 bridgehead atoms. The predicted molar refractivity (Wildman–Crippen MR) is 104 cm³/mol. The molecule has 0 radical (unpaired) electrons. The zero-order chi connectivity index (χ0) is 17.9. The van der Waals surface area contributed by atoms with Crippen molar-refractivity contribution in [3.63, 3.8) is 0 Å². The van der Waals surface area contributed by atoms with E-state index in [2.05, 4.69) is 20.8 Å². The molecule has 1 unspecified atom stereocenters. The Labute approximate surface area is 151 Å². The first-order chi connectivity index (χ1) is 11.7. The Morgan fingerprint density at radius 1 is 0.667 bits per heavy atom. The highest BCUT2D eigenvalue weighted by Gasteiger charge is 2.04. The largest absolute Gasteiger partial charge is 0.388 e. The Morgan fingerprint density at radius 3 is 1.62 bits per heavy atom. The molecule has 0 saturated carbocycles. The van der Waals surface area contributed by atoms with Gasteiger partial charge in [-0.3, -0.25) is 0 Å². The van der Waals surface area contributed by atoms with Gasteiger partial charge in [0.15, 0.2) is 0 Å². The summed E-state index contributed by atoms with van der Waals surface area (Å²) >= 11 is 0. The van der Waals surface area contributed by atoms with E-state index in [0.717, 1.165) is 38.4 Å². The molecule has 0 aromatic rings. The maximum atomic E-state index is 9.69. The van der Waals surface area contributed by atoms with E-state index in [9.17, 15) is 5.11 Å². The second-order valence-corrected chi connectivity index (χ2v) is 7.52. The number of unbranched alkanes of at least 4 members (excludes halogenated alkanes) is 9. The van der Waals surface area contributed by atoms with Gasteiger partial charge in [0.05, 0.1) is 13.2 Å². The Balaban J connectivity index is 3.09. The molecule has 0 aromatic heterocycles. The van der Waals surface area contributed by atoms with E-state index in [1.807, 2.05) is 0 Å². The third-order valence-corrected chi connectivity index (χ3v) is 4.33. The molecule has 24 heavy (non-hydrogen) atoms. The predicted octanol–water partition coefficient (Wildman–Crippen LogP) is 5.74. The van der Waals surface area contributed by atoms with Crippen molar-refractivity contribution in [2.45, 2.75) is 104 Å². The highest BCUT2D eigenvalue weighted by molar-refractivity contribution is 4.52. The quantitative estimate of drug-likeness (QED) is 0.304. The van der Waals surface area contributed by atoms with Crippen molar-refractivity contribution in [3.8, 4) is 0 Å². The maximum absolute atomic E-state index is 9.69. The standard InChI is InChI=1S/C21H44O3/c1-4-5-16-23-18-21(22)19-24-17-14-12-10-8-6-7-9-11-13-15-20(2)3/h20-22H,4-19H2,1-3H3. The lowest BCUT2D eigenvalue weighted by atomic mass is 10.0. The van der Waals surface area contributed by atoms with Gasteiger partial charge in [0.1, 0.15) is 6.10 Å². The fourth-order valence-corrected chi connectivity index (χ4v) is 2.73. The van der Waals surface area contributed by atoms with Gasteiger partial charge in [-0.05, 0) is 18.8 Å². The van der Waals surface area contributed by atoms with Gasteiger partial charge >= 0.3 is 0 Å². The summed E-state index contributed by atoms with van der Waals surface area (Å²) in [6, 6.07) is 0. The van der Waals surface area contributed by atoms with Gasteiger partial charge in [0.2, 0.25) is 0 Å². The van der Waals surface area contributed by atoms with Crippen LogP contribution < -0.4 is 0 Å². The number of hydrogen-bond acceptors (Lipinski definition) is 3. The molecular weight excluding hydrogens is 300 g/mol. The van der Waals surface area contributed by atoms with E-state index < -0.39 is 6.10 Å². The highest BCUT2D eigenvalue weighted by Crippen LogP contribution is 2.13. The van der Waals surface area contributed by atoms with Crippen LogP contribution in [0.1, 0.15) is 97.8 Å². The maximum Gasteiger partial charge on any atom is 0.101 e. The zero-order valence-corrected chi connectivity index (χ0v) is 16.7. The minimum atomic E-state index is -0.474. The molecule has 3 heteroatoms. The fraction of sp³-hybridized carbons (Fsp3) is 1.00. The second-order valence-electron chi connectivity index (χ2n) is 7.52. The number of ether oxygens (including phenoxy) is 2. The van der Waals surface area contributed by atoms with Crippen molar-refractivity contribution < 1.29 is 14.6 Å². The summed E-state index contributed by atoms with van der Waals surface area (Å²) in [5, 5.41) is 9.69. The number of rotatable bonds is 19. The van der Waals surface area contributed by atoms with Gasteiger partial charge in [-0.25, -0.2) is 0 Å². The van der Waals surface area contributed by atoms with Crippen LogP contribution in [0, 0.1) is 5.92 Å². The summed E-state index contributed by atoms with van der Waals surface area (Å²) < 4.78 is 10.9. The molecule has 146 valence electrons. The fourth-order valence-electron chi connectivity index (χ4n) is 2.73. The molecule has 0 aliphatic rings. The van der Waals surface area contributed by atoms with Gasteiger partial charge in [-0.15, -0.1) is 0 Å². The average Bonchev–Trinajstić information content (AvgIpc) is 2.55. The summed E-state index contributed by atoms with van der Waals surface area (Å²) in [7, 11) is 0.